The first-order valence-electron chi connectivity index (χ1n) is 9.66. The molecular weight excluding hydrogens is 290 g/mol. The lowest BCUT2D eigenvalue weighted by molar-refractivity contribution is 0.107. The Hall–Kier alpha value is -0.810. The molecule has 5 heteroatoms. The maximum Gasteiger partial charge on any atom is 0.317 e. The Balaban J connectivity index is 1.40. The lowest BCUT2D eigenvalue weighted by Gasteiger charge is -2.40. The zero-order chi connectivity index (χ0) is 16.1. The maximum absolute atomic E-state index is 12.4. The van der Waals surface area contributed by atoms with Gasteiger partial charge < -0.3 is 20.2 Å². The predicted molar refractivity (Wildman–Crippen MR) is 91.4 cm³/mol. The minimum Gasteiger partial charge on any atom is -0.396 e. The van der Waals surface area contributed by atoms with Gasteiger partial charge in [0, 0.05) is 44.9 Å². The average Bonchev–Trinajstić information content (AvgIpc) is 2.63. The number of aliphatic hydroxyl groups is 1. The smallest absolute Gasteiger partial charge is 0.317 e. The molecule has 1 atom stereocenters. The molecule has 3 fully saturated rings. The summed E-state index contributed by atoms with van der Waals surface area (Å²) >= 11 is 0. The molecule has 0 aromatic rings. The van der Waals surface area contributed by atoms with Crippen molar-refractivity contribution in [2.45, 2.75) is 69.9 Å². The summed E-state index contributed by atoms with van der Waals surface area (Å²) in [5, 5.41) is 12.5. The highest BCUT2D eigenvalue weighted by atomic mass is 16.3. The van der Waals surface area contributed by atoms with Gasteiger partial charge in [0.2, 0.25) is 0 Å². The molecule has 1 aliphatic carbocycles. The molecule has 2 amide bonds. The Morgan fingerprint density at radius 2 is 1.70 bits per heavy atom. The maximum atomic E-state index is 12.4. The van der Waals surface area contributed by atoms with Gasteiger partial charge in [-0.15, -0.1) is 0 Å². The summed E-state index contributed by atoms with van der Waals surface area (Å²) in [6, 6.07) is 1.21. The lowest BCUT2D eigenvalue weighted by atomic mass is 9.92. The molecule has 3 rings (SSSR count). The Labute approximate surface area is 140 Å². The fourth-order valence-electron chi connectivity index (χ4n) is 4.52. The van der Waals surface area contributed by atoms with Gasteiger partial charge in [-0.25, -0.2) is 4.79 Å². The summed E-state index contributed by atoms with van der Waals surface area (Å²) in [5.41, 5.74) is 0. The van der Waals surface area contributed by atoms with Crippen LogP contribution in [0.5, 0.6) is 0 Å². The topological polar surface area (TPSA) is 55.8 Å². The standard InChI is InChI=1S/C18H33N3O2/c22-14-15-5-4-10-21(13-15)18(23)19-16-8-11-20(12-9-16)17-6-2-1-3-7-17/h15-17,22H,1-14H2,(H,19,23). The van der Waals surface area contributed by atoms with Crippen molar-refractivity contribution in [3.8, 4) is 0 Å². The van der Waals surface area contributed by atoms with Crippen molar-refractivity contribution >= 4 is 6.03 Å². The Morgan fingerprint density at radius 1 is 0.957 bits per heavy atom. The van der Waals surface area contributed by atoms with Gasteiger partial charge in [0.15, 0.2) is 0 Å². The first-order chi connectivity index (χ1) is 11.3. The Morgan fingerprint density at radius 3 is 2.39 bits per heavy atom. The number of hydrogen-bond donors (Lipinski definition) is 2. The zero-order valence-electron chi connectivity index (χ0n) is 14.4. The summed E-state index contributed by atoms with van der Waals surface area (Å²) in [7, 11) is 0. The second-order valence-corrected chi connectivity index (χ2v) is 7.69. The van der Waals surface area contributed by atoms with Crippen LogP contribution in [0.15, 0.2) is 0 Å². The number of amides is 2. The average molecular weight is 323 g/mol. The van der Waals surface area contributed by atoms with Gasteiger partial charge in [-0.05, 0) is 44.4 Å². The van der Waals surface area contributed by atoms with E-state index in [2.05, 4.69) is 10.2 Å². The van der Waals surface area contributed by atoms with E-state index in [0.29, 0.717) is 12.6 Å². The van der Waals surface area contributed by atoms with Crippen LogP contribution >= 0.6 is 0 Å². The number of carbonyl (C=O) groups excluding carboxylic acids is 1. The molecular formula is C18H33N3O2. The van der Waals surface area contributed by atoms with Gasteiger partial charge in [0.05, 0.1) is 0 Å². The fraction of sp³-hybridized carbons (Fsp3) is 0.944. The number of carbonyl (C=O) groups is 1. The number of piperidine rings is 2. The summed E-state index contributed by atoms with van der Waals surface area (Å²) in [4.78, 5) is 17.0. The summed E-state index contributed by atoms with van der Waals surface area (Å²) < 4.78 is 0. The van der Waals surface area contributed by atoms with Crippen molar-refractivity contribution in [2.24, 2.45) is 5.92 Å². The van der Waals surface area contributed by atoms with Crippen LogP contribution in [0.2, 0.25) is 0 Å². The van der Waals surface area contributed by atoms with E-state index >= 15 is 0 Å². The highest BCUT2D eigenvalue weighted by molar-refractivity contribution is 5.74. The Bertz CT molecular complexity index is 376. The summed E-state index contributed by atoms with van der Waals surface area (Å²) in [5.74, 6) is 0.266. The molecule has 2 saturated heterocycles. The van der Waals surface area contributed by atoms with E-state index < -0.39 is 0 Å². The number of rotatable bonds is 3. The van der Waals surface area contributed by atoms with Crippen LogP contribution in [0.3, 0.4) is 0 Å². The summed E-state index contributed by atoms with van der Waals surface area (Å²) in [6.07, 6.45) is 11.1. The van der Waals surface area contributed by atoms with Gasteiger partial charge in [0.1, 0.15) is 0 Å². The number of likely N-dealkylation sites (tertiary alicyclic amines) is 2. The van der Waals surface area contributed by atoms with Gasteiger partial charge in [-0.3, -0.25) is 0 Å². The van der Waals surface area contributed by atoms with Crippen LogP contribution in [-0.2, 0) is 0 Å². The van der Waals surface area contributed by atoms with Crippen LogP contribution in [0.4, 0.5) is 4.79 Å². The van der Waals surface area contributed by atoms with Gasteiger partial charge in [0.25, 0.3) is 0 Å². The first kappa shape index (κ1) is 17.0. The van der Waals surface area contributed by atoms with Crippen LogP contribution in [0, 0.1) is 5.92 Å². The zero-order valence-corrected chi connectivity index (χ0v) is 14.4. The molecule has 2 heterocycles. The monoisotopic (exact) mass is 323 g/mol. The molecule has 2 aliphatic heterocycles. The molecule has 0 radical (unpaired) electrons. The largest absolute Gasteiger partial charge is 0.396 e. The highest BCUT2D eigenvalue weighted by Gasteiger charge is 2.29. The van der Waals surface area contributed by atoms with E-state index in [1.807, 2.05) is 4.90 Å². The van der Waals surface area contributed by atoms with E-state index in [9.17, 15) is 9.90 Å². The van der Waals surface area contributed by atoms with Crippen molar-refractivity contribution in [3.05, 3.63) is 0 Å². The number of aliphatic hydroxyl groups excluding tert-OH is 1. The van der Waals surface area contributed by atoms with Crippen LogP contribution in [0.25, 0.3) is 0 Å². The first-order valence-corrected chi connectivity index (χ1v) is 9.66. The molecule has 0 spiro atoms. The molecule has 0 aromatic carbocycles. The highest BCUT2D eigenvalue weighted by Crippen LogP contribution is 2.25. The quantitative estimate of drug-likeness (QED) is 0.837. The molecule has 5 nitrogen and oxygen atoms in total. The predicted octanol–water partition coefficient (Wildman–Crippen LogP) is 2.20. The Kier molecular flexibility index (Phi) is 6.17. The van der Waals surface area contributed by atoms with E-state index in [4.69, 9.17) is 0 Å². The van der Waals surface area contributed by atoms with Crippen molar-refractivity contribution in [1.29, 1.82) is 0 Å². The van der Waals surface area contributed by atoms with E-state index in [1.165, 1.54) is 32.1 Å². The number of nitrogens with one attached hydrogen (secondary N) is 1. The lowest BCUT2D eigenvalue weighted by Crippen LogP contribution is -2.53. The SMILES string of the molecule is O=C(NC1CCN(C2CCCCC2)CC1)N1CCCC(CO)C1. The molecule has 1 unspecified atom stereocenters. The van der Waals surface area contributed by atoms with Crippen molar-refractivity contribution in [3.63, 3.8) is 0 Å². The van der Waals surface area contributed by atoms with Crippen LogP contribution in [-0.4, -0.2) is 65.8 Å². The van der Waals surface area contributed by atoms with Crippen molar-refractivity contribution in [1.82, 2.24) is 15.1 Å². The van der Waals surface area contributed by atoms with Gasteiger partial charge in [-0.1, -0.05) is 19.3 Å². The normalized spacial score (nSPS) is 28.7. The van der Waals surface area contributed by atoms with Crippen molar-refractivity contribution in [2.75, 3.05) is 32.8 Å². The molecule has 0 bridgehead atoms. The molecule has 132 valence electrons. The third-order valence-corrected chi connectivity index (χ3v) is 6.01. The van der Waals surface area contributed by atoms with Crippen LogP contribution in [0.1, 0.15) is 57.8 Å². The second kappa shape index (κ2) is 8.34. The third-order valence-electron chi connectivity index (χ3n) is 6.01. The summed E-state index contributed by atoms with van der Waals surface area (Å²) in [6.45, 7) is 4.01. The van der Waals surface area contributed by atoms with Crippen LogP contribution < -0.4 is 5.32 Å². The molecule has 3 aliphatic rings. The third kappa shape index (κ3) is 4.60. The van der Waals surface area contributed by atoms with E-state index in [0.717, 1.165) is 51.4 Å². The van der Waals surface area contributed by atoms with E-state index in [-0.39, 0.29) is 18.6 Å². The number of urea groups is 1. The van der Waals surface area contributed by atoms with Crippen molar-refractivity contribution < 1.29 is 9.90 Å². The molecule has 0 aromatic heterocycles. The minimum absolute atomic E-state index is 0.0827. The van der Waals surface area contributed by atoms with Gasteiger partial charge >= 0.3 is 6.03 Å². The molecule has 2 N–H and O–H groups in total. The second-order valence-electron chi connectivity index (χ2n) is 7.69. The van der Waals surface area contributed by atoms with E-state index in [1.54, 1.807) is 0 Å². The number of hydrogen-bond acceptors (Lipinski definition) is 3. The fourth-order valence-corrected chi connectivity index (χ4v) is 4.52. The van der Waals surface area contributed by atoms with Gasteiger partial charge in [-0.2, -0.15) is 0 Å². The molecule has 1 saturated carbocycles. The minimum atomic E-state index is 0.0827. The molecule has 23 heavy (non-hydrogen) atoms. The number of nitrogens with zero attached hydrogens (tertiary/aromatic N) is 2.